The molecule has 0 spiro atoms. The van der Waals surface area contributed by atoms with Crippen molar-refractivity contribution in [2.24, 2.45) is 0 Å². The van der Waals surface area contributed by atoms with Crippen LogP contribution in [0.5, 0.6) is 0 Å². The summed E-state index contributed by atoms with van der Waals surface area (Å²) in [5, 5.41) is 13.3. The van der Waals surface area contributed by atoms with Crippen LogP contribution in [0.3, 0.4) is 0 Å². The summed E-state index contributed by atoms with van der Waals surface area (Å²) in [4.78, 5) is 3.96. The van der Waals surface area contributed by atoms with Crippen molar-refractivity contribution in [1.29, 1.82) is 5.26 Å². The quantitative estimate of drug-likeness (QED) is 0.805. The second-order valence-electron chi connectivity index (χ2n) is 4.03. The molecule has 0 N–H and O–H groups in total. The molecule has 2 rings (SSSR count). The predicted molar refractivity (Wildman–Crippen MR) is 63.3 cm³/mol. The third-order valence-corrected chi connectivity index (χ3v) is 2.85. The van der Waals surface area contributed by atoms with Crippen LogP contribution in [0, 0.1) is 11.3 Å². The fourth-order valence-electron chi connectivity index (χ4n) is 1.62. The third-order valence-electron chi connectivity index (χ3n) is 2.85. The molecule has 2 aromatic rings. The van der Waals surface area contributed by atoms with Gasteiger partial charge in [-0.15, -0.1) is 0 Å². The molecule has 0 aliphatic rings. The van der Waals surface area contributed by atoms with Crippen LogP contribution in [0.4, 0.5) is 0 Å². The van der Waals surface area contributed by atoms with Crippen LogP contribution in [0.15, 0.2) is 24.7 Å². The maximum atomic E-state index is 8.86. The second-order valence-corrected chi connectivity index (χ2v) is 4.03. The van der Waals surface area contributed by atoms with Gasteiger partial charge < -0.3 is 4.57 Å². The first-order valence-corrected chi connectivity index (χ1v) is 5.70. The van der Waals surface area contributed by atoms with Crippen LogP contribution in [-0.4, -0.2) is 19.3 Å². The molecule has 0 radical (unpaired) electrons. The molecular formula is C12H15N5. The molecule has 0 amide bonds. The summed E-state index contributed by atoms with van der Waals surface area (Å²) in [5.41, 5.74) is 0.944. The second kappa shape index (κ2) is 4.83. The van der Waals surface area contributed by atoms with Gasteiger partial charge in [-0.3, -0.25) is 4.68 Å². The lowest BCUT2D eigenvalue weighted by Gasteiger charge is -2.08. The molecule has 0 aliphatic heterocycles. The molecule has 5 nitrogen and oxygen atoms in total. The molecule has 0 aromatic carbocycles. The Morgan fingerprint density at radius 1 is 1.47 bits per heavy atom. The predicted octanol–water partition coefficient (Wildman–Crippen LogP) is 1.97. The highest BCUT2D eigenvalue weighted by Gasteiger charge is 2.07. The number of hydrogen-bond donors (Lipinski definition) is 0. The number of imidazole rings is 1. The topological polar surface area (TPSA) is 59.4 Å². The van der Waals surface area contributed by atoms with Gasteiger partial charge in [0.1, 0.15) is 6.07 Å². The SMILES string of the molecule is CCC(C)n1ccc(Cn2ccnc2C#N)n1. The van der Waals surface area contributed by atoms with Gasteiger partial charge in [0, 0.05) is 24.6 Å². The van der Waals surface area contributed by atoms with Gasteiger partial charge in [-0.2, -0.15) is 10.4 Å². The number of rotatable bonds is 4. The molecule has 0 bridgehead atoms. The van der Waals surface area contributed by atoms with E-state index in [1.165, 1.54) is 0 Å². The summed E-state index contributed by atoms with van der Waals surface area (Å²) in [6.07, 6.45) is 6.45. The van der Waals surface area contributed by atoms with Crippen LogP contribution >= 0.6 is 0 Å². The maximum Gasteiger partial charge on any atom is 0.213 e. The smallest absolute Gasteiger partial charge is 0.213 e. The van der Waals surface area contributed by atoms with Gasteiger partial charge in [-0.1, -0.05) is 6.92 Å². The Balaban J connectivity index is 2.15. The fourth-order valence-corrected chi connectivity index (χ4v) is 1.62. The average Bonchev–Trinajstić information content (AvgIpc) is 2.97. The maximum absolute atomic E-state index is 8.86. The van der Waals surface area contributed by atoms with E-state index in [2.05, 4.69) is 30.0 Å². The Bertz CT molecular complexity index is 531. The lowest BCUT2D eigenvalue weighted by molar-refractivity contribution is 0.472. The Morgan fingerprint density at radius 2 is 2.29 bits per heavy atom. The molecule has 17 heavy (non-hydrogen) atoms. The van der Waals surface area contributed by atoms with Gasteiger partial charge in [-0.05, 0) is 19.4 Å². The monoisotopic (exact) mass is 229 g/mol. The molecule has 1 unspecified atom stereocenters. The summed E-state index contributed by atoms with van der Waals surface area (Å²) < 4.78 is 3.75. The van der Waals surface area contributed by atoms with E-state index in [1.54, 1.807) is 17.0 Å². The molecule has 0 saturated carbocycles. The van der Waals surface area contributed by atoms with Crippen molar-refractivity contribution in [2.45, 2.75) is 32.9 Å². The zero-order valence-electron chi connectivity index (χ0n) is 10.0. The fraction of sp³-hybridized carbons (Fsp3) is 0.417. The molecule has 0 aliphatic carbocycles. The number of nitrogens with zero attached hydrogens (tertiary/aromatic N) is 5. The van der Waals surface area contributed by atoms with Gasteiger partial charge in [0.05, 0.1) is 12.2 Å². The largest absolute Gasteiger partial charge is 0.317 e. The van der Waals surface area contributed by atoms with E-state index in [-0.39, 0.29) is 0 Å². The average molecular weight is 229 g/mol. The number of nitriles is 1. The van der Waals surface area contributed by atoms with E-state index in [4.69, 9.17) is 5.26 Å². The van der Waals surface area contributed by atoms with Gasteiger partial charge in [-0.25, -0.2) is 4.98 Å². The summed E-state index contributed by atoms with van der Waals surface area (Å²) in [6.45, 7) is 4.86. The highest BCUT2D eigenvalue weighted by atomic mass is 15.3. The van der Waals surface area contributed by atoms with Crippen molar-refractivity contribution in [1.82, 2.24) is 19.3 Å². The summed E-state index contributed by atoms with van der Waals surface area (Å²) >= 11 is 0. The Hall–Kier alpha value is -2.09. The molecule has 1 atom stereocenters. The third kappa shape index (κ3) is 2.36. The molecular weight excluding hydrogens is 214 g/mol. The normalized spacial score (nSPS) is 12.3. The van der Waals surface area contributed by atoms with E-state index in [0.717, 1.165) is 12.1 Å². The molecule has 0 fully saturated rings. The minimum Gasteiger partial charge on any atom is -0.317 e. The van der Waals surface area contributed by atoms with Gasteiger partial charge in [0.2, 0.25) is 5.82 Å². The van der Waals surface area contributed by atoms with Crippen LogP contribution in [0.1, 0.15) is 37.8 Å². The van der Waals surface area contributed by atoms with Crippen molar-refractivity contribution in [2.75, 3.05) is 0 Å². The van der Waals surface area contributed by atoms with Crippen molar-refractivity contribution in [3.63, 3.8) is 0 Å². The summed E-state index contributed by atoms with van der Waals surface area (Å²) in [5.74, 6) is 0.420. The van der Waals surface area contributed by atoms with E-state index >= 15 is 0 Å². The van der Waals surface area contributed by atoms with Gasteiger partial charge in [0.15, 0.2) is 0 Å². The van der Waals surface area contributed by atoms with Gasteiger partial charge >= 0.3 is 0 Å². The lowest BCUT2D eigenvalue weighted by Crippen LogP contribution is -2.07. The molecule has 0 saturated heterocycles. The minimum absolute atomic E-state index is 0.405. The van der Waals surface area contributed by atoms with Gasteiger partial charge in [0.25, 0.3) is 0 Å². The van der Waals surface area contributed by atoms with Crippen molar-refractivity contribution >= 4 is 0 Å². The van der Waals surface area contributed by atoms with E-state index in [1.807, 2.05) is 16.9 Å². The highest BCUT2D eigenvalue weighted by Crippen LogP contribution is 2.10. The lowest BCUT2D eigenvalue weighted by atomic mass is 10.3. The first-order valence-electron chi connectivity index (χ1n) is 5.70. The van der Waals surface area contributed by atoms with E-state index in [9.17, 15) is 0 Å². The van der Waals surface area contributed by atoms with E-state index < -0.39 is 0 Å². The highest BCUT2D eigenvalue weighted by molar-refractivity contribution is 5.13. The van der Waals surface area contributed by atoms with Crippen molar-refractivity contribution < 1.29 is 0 Å². The van der Waals surface area contributed by atoms with Crippen molar-refractivity contribution in [3.8, 4) is 6.07 Å². The van der Waals surface area contributed by atoms with Crippen molar-refractivity contribution in [3.05, 3.63) is 36.2 Å². The first-order chi connectivity index (χ1) is 8.24. The summed E-state index contributed by atoms with van der Waals surface area (Å²) in [6, 6.07) is 4.44. The van der Waals surface area contributed by atoms with E-state index in [0.29, 0.717) is 18.4 Å². The molecule has 88 valence electrons. The minimum atomic E-state index is 0.405. The Morgan fingerprint density at radius 3 is 3.00 bits per heavy atom. The standard InChI is InChI=1S/C12H15N5/c1-3-10(2)17-6-4-11(15-17)9-16-7-5-14-12(16)8-13/h4-7,10H,3,9H2,1-2H3. The number of hydrogen-bond acceptors (Lipinski definition) is 3. The van der Waals surface area contributed by atoms with Crippen LogP contribution < -0.4 is 0 Å². The Labute approximate surface area is 100 Å². The zero-order chi connectivity index (χ0) is 12.3. The van der Waals surface area contributed by atoms with Crippen LogP contribution in [0.25, 0.3) is 0 Å². The molecule has 2 aromatic heterocycles. The van der Waals surface area contributed by atoms with Crippen LogP contribution in [-0.2, 0) is 6.54 Å². The zero-order valence-corrected chi connectivity index (χ0v) is 10.0. The Kier molecular flexibility index (Phi) is 3.24. The van der Waals surface area contributed by atoms with Crippen LogP contribution in [0.2, 0.25) is 0 Å². The first kappa shape index (κ1) is 11.4. The molecule has 2 heterocycles. The molecule has 5 heteroatoms. The summed E-state index contributed by atoms with van der Waals surface area (Å²) in [7, 11) is 0. The number of aromatic nitrogens is 4.